The molecule has 124 valence electrons. The first-order valence-corrected chi connectivity index (χ1v) is 7.45. The second kappa shape index (κ2) is 8.28. The Kier molecular flexibility index (Phi) is 5.86. The number of nitrogens with zero attached hydrogens (tertiary/aromatic N) is 2. The van der Waals surface area contributed by atoms with E-state index < -0.39 is 17.9 Å². The Balaban J connectivity index is 2.13. The van der Waals surface area contributed by atoms with Crippen molar-refractivity contribution in [1.29, 1.82) is 10.5 Å². The predicted octanol–water partition coefficient (Wildman–Crippen LogP) is 1.94. The van der Waals surface area contributed by atoms with Crippen molar-refractivity contribution in [2.75, 3.05) is 7.11 Å². The van der Waals surface area contributed by atoms with E-state index in [4.69, 9.17) is 15.3 Å². The van der Waals surface area contributed by atoms with Crippen LogP contribution in [-0.2, 0) is 16.0 Å². The Labute approximate surface area is 145 Å². The maximum atomic E-state index is 12.3. The number of esters is 1. The first-order chi connectivity index (χ1) is 12.1. The second-order valence-corrected chi connectivity index (χ2v) is 5.25. The zero-order chi connectivity index (χ0) is 18.2. The Morgan fingerprint density at radius 2 is 1.52 bits per heavy atom. The molecule has 1 N–H and O–H groups in total. The average Bonchev–Trinajstić information content (AvgIpc) is 2.67. The van der Waals surface area contributed by atoms with Crippen molar-refractivity contribution in [3.8, 4) is 12.1 Å². The lowest BCUT2D eigenvalue weighted by Gasteiger charge is -2.16. The van der Waals surface area contributed by atoms with E-state index in [-0.39, 0.29) is 6.42 Å². The lowest BCUT2D eigenvalue weighted by molar-refractivity contribution is -0.142. The van der Waals surface area contributed by atoms with Gasteiger partial charge in [-0.05, 0) is 42.0 Å². The molecular formula is C19H15N3O3. The Hall–Kier alpha value is -3.64. The zero-order valence-electron chi connectivity index (χ0n) is 13.5. The van der Waals surface area contributed by atoms with Gasteiger partial charge in [0.25, 0.3) is 5.91 Å². The van der Waals surface area contributed by atoms with E-state index in [1.165, 1.54) is 31.4 Å². The summed E-state index contributed by atoms with van der Waals surface area (Å²) in [6, 6.07) is 16.0. The quantitative estimate of drug-likeness (QED) is 0.842. The fourth-order valence-corrected chi connectivity index (χ4v) is 2.22. The normalized spacial score (nSPS) is 10.8. The number of hydrogen-bond donors (Lipinski definition) is 1. The number of nitrogens with one attached hydrogen (secondary N) is 1. The van der Waals surface area contributed by atoms with Crippen LogP contribution in [0.2, 0.25) is 0 Å². The number of hydrogen-bond acceptors (Lipinski definition) is 5. The van der Waals surface area contributed by atoms with E-state index in [1.807, 2.05) is 12.1 Å². The van der Waals surface area contributed by atoms with E-state index in [2.05, 4.69) is 5.32 Å². The molecule has 0 saturated heterocycles. The summed E-state index contributed by atoms with van der Waals surface area (Å²) >= 11 is 0. The molecule has 6 heteroatoms. The molecule has 0 aliphatic carbocycles. The van der Waals surface area contributed by atoms with Crippen LogP contribution in [-0.4, -0.2) is 25.0 Å². The van der Waals surface area contributed by atoms with Gasteiger partial charge in [-0.15, -0.1) is 0 Å². The first kappa shape index (κ1) is 17.7. The lowest BCUT2D eigenvalue weighted by atomic mass is 10.0. The number of methoxy groups -OCH3 is 1. The van der Waals surface area contributed by atoms with Crippen molar-refractivity contribution in [3.05, 3.63) is 70.8 Å². The van der Waals surface area contributed by atoms with Crippen molar-refractivity contribution in [2.24, 2.45) is 0 Å². The predicted molar refractivity (Wildman–Crippen MR) is 89.3 cm³/mol. The van der Waals surface area contributed by atoms with Crippen LogP contribution < -0.4 is 5.32 Å². The van der Waals surface area contributed by atoms with Gasteiger partial charge in [0, 0.05) is 12.0 Å². The van der Waals surface area contributed by atoms with E-state index >= 15 is 0 Å². The molecule has 0 saturated carbocycles. The molecule has 0 aliphatic rings. The van der Waals surface area contributed by atoms with E-state index in [9.17, 15) is 9.59 Å². The van der Waals surface area contributed by atoms with Crippen LogP contribution in [0.1, 0.15) is 27.0 Å². The third kappa shape index (κ3) is 4.66. The van der Waals surface area contributed by atoms with Crippen LogP contribution in [0.4, 0.5) is 0 Å². The molecular weight excluding hydrogens is 318 g/mol. The lowest BCUT2D eigenvalue weighted by Crippen LogP contribution is -2.43. The molecule has 2 aromatic rings. The van der Waals surface area contributed by atoms with Gasteiger partial charge in [0.15, 0.2) is 0 Å². The summed E-state index contributed by atoms with van der Waals surface area (Å²) in [4.78, 5) is 24.3. The number of carbonyl (C=O) groups excluding carboxylic acids is 2. The maximum absolute atomic E-state index is 12.3. The van der Waals surface area contributed by atoms with Gasteiger partial charge in [0.1, 0.15) is 6.04 Å². The molecule has 0 aromatic heterocycles. The highest BCUT2D eigenvalue weighted by molar-refractivity contribution is 5.96. The van der Waals surface area contributed by atoms with Crippen LogP contribution >= 0.6 is 0 Å². The van der Waals surface area contributed by atoms with Crippen LogP contribution in [0.15, 0.2) is 48.5 Å². The van der Waals surface area contributed by atoms with Crippen molar-refractivity contribution < 1.29 is 14.3 Å². The minimum Gasteiger partial charge on any atom is -0.467 e. The van der Waals surface area contributed by atoms with Crippen molar-refractivity contribution in [2.45, 2.75) is 12.5 Å². The van der Waals surface area contributed by atoms with Crippen LogP contribution in [0.3, 0.4) is 0 Å². The second-order valence-electron chi connectivity index (χ2n) is 5.25. The number of carbonyl (C=O) groups is 2. The third-order valence-electron chi connectivity index (χ3n) is 3.59. The summed E-state index contributed by atoms with van der Waals surface area (Å²) in [5, 5.41) is 20.2. The van der Waals surface area contributed by atoms with Crippen LogP contribution in [0, 0.1) is 22.7 Å². The Morgan fingerprint density at radius 1 is 1.00 bits per heavy atom. The van der Waals surface area contributed by atoms with E-state index in [0.29, 0.717) is 16.7 Å². The summed E-state index contributed by atoms with van der Waals surface area (Å²) in [5.41, 5.74) is 2.08. The molecule has 0 aliphatic heterocycles. The van der Waals surface area contributed by atoms with E-state index in [1.54, 1.807) is 24.3 Å². The highest BCUT2D eigenvalue weighted by Crippen LogP contribution is 2.09. The molecule has 0 radical (unpaired) electrons. The first-order valence-electron chi connectivity index (χ1n) is 7.45. The molecule has 1 amide bonds. The van der Waals surface area contributed by atoms with Gasteiger partial charge >= 0.3 is 5.97 Å². The Bertz CT molecular complexity index is 843. The fourth-order valence-electron chi connectivity index (χ4n) is 2.22. The van der Waals surface area contributed by atoms with Gasteiger partial charge in [-0.2, -0.15) is 10.5 Å². The molecule has 0 fully saturated rings. The summed E-state index contributed by atoms with van der Waals surface area (Å²) < 4.78 is 4.75. The molecule has 0 spiro atoms. The number of ether oxygens (including phenoxy) is 1. The van der Waals surface area contributed by atoms with Crippen LogP contribution in [0.5, 0.6) is 0 Å². The molecule has 0 heterocycles. The largest absolute Gasteiger partial charge is 0.467 e. The molecule has 2 rings (SSSR count). The van der Waals surface area contributed by atoms with Gasteiger partial charge < -0.3 is 10.1 Å². The fraction of sp³-hybridized carbons (Fsp3) is 0.158. The van der Waals surface area contributed by atoms with Crippen molar-refractivity contribution >= 4 is 11.9 Å². The number of benzene rings is 2. The maximum Gasteiger partial charge on any atom is 0.328 e. The molecule has 0 bridgehead atoms. The molecule has 25 heavy (non-hydrogen) atoms. The average molecular weight is 333 g/mol. The molecule has 1 atom stereocenters. The van der Waals surface area contributed by atoms with Crippen LogP contribution in [0.25, 0.3) is 0 Å². The molecule has 0 unspecified atom stereocenters. The third-order valence-corrected chi connectivity index (χ3v) is 3.59. The zero-order valence-corrected chi connectivity index (χ0v) is 13.5. The summed E-state index contributed by atoms with van der Waals surface area (Å²) in [7, 11) is 1.25. The standard InChI is InChI=1S/C19H15N3O3/c1-25-19(24)17(10-13-2-4-14(11-20)5-3-13)22-18(23)16-8-6-15(12-21)7-9-16/h2-9,17H,10H2,1H3,(H,22,23)/t17-/m1/s1. The Morgan fingerprint density at radius 3 is 2.00 bits per heavy atom. The summed E-state index contributed by atoms with van der Waals surface area (Å²) in [6.07, 6.45) is 0.237. The topological polar surface area (TPSA) is 103 Å². The minimum atomic E-state index is -0.860. The smallest absolute Gasteiger partial charge is 0.328 e. The number of rotatable bonds is 5. The van der Waals surface area contributed by atoms with Crippen molar-refractivity contribution in [3.63, 3.8) is 0 Å². The van der Waals surface area contributed by atoms with Gasteiger partial charge in [0.2, 0.25) is 0 Å². The molecule has 2 aromatic carbocycles. The van der Waals surface area contributed by atoms with Crippen molar-refractivity contribution in [1.82, 2.24) is 5.32 Å². The number of nitriles is 2. The van der Waals surface area contributed by atoms with Gasteiger partial charge in [-0.25, -0.2) is 4.79 Å². The monoisotopic (exact) mass is 333 g/mol. The van der Waals surface area contributed by atoms with Gasteiger partial charge in [-0.1, -0.05) is 12.1 Å². The summed E-state index contributed by atoms with van der Waals surface area (Å²) in [6.45, 7) is 0. The van der Waals surface area contributed by atoms with Gasteiger partial charge in [-0.3, -0.25) is 4.79 Å². The minimum absolute atomic E-state index is 0.237. The highest BCUT2D eigenvalue weighted by Gasteiger charge is 2.22. The highest BCUT2D eigenvalue weighted by atomic mass is 16.5. The number of amides is 1. The van der Waals surface area contributed by atoms with E-state index in [0.717, 1.165) is 5.56 Å². The van der Waals surface area contributed by atoms with Gasteiger partial charge in [0.05, 0.1) is 30.4 Å². The SMILES string of the molecule is COC(=O)[C@@H](Cc1ccc(C#N)cc1)NC(=O)c1ccc(C#N)cc1. The molecule has 6 nitrogen and oxygen atoms in total. The summed E-state index contributed by atoms with van der Waals surface area (Å²) in [5.74, 6) is -1.00.